The van der Waals surface area contributed by atoms with Crippen molar-refractivity contribution in [3.8, 4) is 0 Å². The number of thiol groups is 1. The van der Waals surface area contributed by atoms with E-state index in [2.05, 4.69) is 23.3 Å². The maximum Gasteiger partial charge on any atom is 0.350 e. The van der Waals surface area contributed by atoms with Crippen LogP contribution in [0.5, 0.6) is 0 Å². The second-order valence-electron chi connectivity index (χ2n) is 7.23. The van der Waals surface area contributed by atoms with Gasteiger partial charge in [0, 0.05) is 24.3 Å². The Balaban J connectivity index is 2.28. The van der Waals surface area contributed by atoms with Crippen LogP contribution in [0.25, 0.3) is 0 Å². The summed E-state index contributed by atoms with van der Waals surface area (Å²) in [6.07, 6.45) is -0.0101. The number of carbonyl (C=O) groups excluding carboxylic acids is 2. The number of aliphatic carboxylic acids is 1. The Morgan fingerprint density at radius 2 is 1.73 bits per heavy atom. The van der Waals surface area contributed by atoms with Crippen molar-refractivity contribution in [1.29, 1.82) is 0 Å². The van der Waals surface area contributed by atoms with Gasteiger partial charge < -0.3 is 21.5 Å². The molecule has 5 N–H and O–H groups in total. The van der Waals surface area contributed by atoms with Gasteiger partial charge in [-0.1, -0.05) is 48.0 Å². The van der Waals surface area contributed by atoms with Crippen molar-refractivity contribution in [3.63, 3.8) is 0 Å². The Labute approximate surface area is 181 Å². The molecule has 2 amide bonds. The fourth-order valence-corrected chi connectivity index (χ4v) is 3.31. The third-order valence-corrected chi connectivity index (χ3v) is 5.21. The predicted molar refractivity (Wildman–Crippen MR) is 119 cm³/mol. The molecule has 0 fully saturated rings. The largest absolute Gasteiger partial charge is 0.478 e. The van der Waals surface area contributed by atoms with E-state index in [0.717, 1.165) is 11.1 Å². The van der Waals surface area contributed by atoms with E-state index in [1.807, 2.05) is 49.4 Å². The van der Waals surface area contributed by atoms with Crippen molar-refractivity contribution in [1.82, 2.24) is 5.32 Å². The van der Waals surface area contributed by atoms with E-state index < -0.39 is 29.4 Å². The molecule has 1 unspecified atom stereocenters. The normalized spacial score (nSPS) is 13.7. The number of carbonyl (C=O) groups is 3. The number of carboxylic acid groups (broad SMARTS) is 1. The molecule has 2 aromatic rings. The van der Waals surface area contributed by atoms with Crippen molar-refractivity contribution < 1.29 is 19.5 Å². The summed E-state index contributed by atoms with van der Waals surface area (Å²) in [4.78, 5) is 36.6. The molecule has 0 radical (unpaired) electrons. The summed E-state index contributed by atoms with van der Waals surface area (Å²) < 4.78 is 0. The SMILES string of the molecule is Cc1ccc(N[C@@](CCC(N)=O)(NC(=O)C(CS)Cc2ccccc2)C(=O)O)cc1. The minimum absolute atomic E-state index is 0.206. The number of hydrogen-bond acceptors (Lipinski definition) is 5. The number of primary amides is 1. The summed E-state index contributed by atoms with van der Waals surface area (Å²) in [5, 5.41) is 15.5. The Bertz CT molecular complexity index is 874. The van der Waals surface area contributed by atoms with Gasteiger partial charge in [0.1, 0.15) is 0 Å². The molecule has 0 saturated heterocycles. The van der Waals surface area contributed by atoms with Crippen molar-refractivity contribution in [3.05, 3.63) is 65.7 Å². The molecule has 0 spiro atoms. The summed E-state index contributed by atoms with van der Waals surface area (Å²) in [5.74, 6) is -2.76. The van der Waals surface area contributed by atoms with Crippen molar-refractivity contribution in [2.24, 2.45) is 11.7 Å². The van der Waals surface area contributed by atoms with E-state index in [9.17, 15) is 19.5 Å². The van der Waals surface area contributed by atoms with Gasteiger partial charge in [0.25, 0.3) is 0 Å². The zero-order valence-electron chi connectivity index (χ0n) is 16.8. The number of aryl methyl sites for hydroxylation is 1. The maximum absolute atomic E-state index is 13.0. The second kappa shape index (κ2) is 10.7. The van der Waals surface area contributed by atoms with Crippen molar-refractivity contribution in [2.75, 3.05) is 11.1 Å². The molecule has 0 aliphatic heterocycles. The van der Waals surface area contributed by atoms with Gasteiger partial charge in [-0.3, -0.25) is 9.59 Å². The molecule has 0 aliphatic rings. The van der Waals surface area contributed by atoms with E-state index >= 15 is 0 Å². The molecule has 0 heterocycles. The highest BCUT2D eigenvalue weighted by molar-refractivity contribution is 7.80. The Morgan fingerprint density at radius 1 is 1.10 bits per heavy atom. The molecule has 2 aromatic carbocycles. The fraction of sp³-hybridized carbons (Fsp3) is 0.318. The number of nitrogens with two attached hydrogens (primary N) is 1. The van der Waals surface area contributed by atoms with Crippen LogP contribution in [-0.2, 0) is 20.8 Å². The number of rotatable bonds is 11. The zero-order valence-corrected chi connectivity index (χ0v) is 17.7. The molecule has 160 valence electrons. The number of hydrogen-bond donors (Lipinski definition) is 5. The average Bonchev–Trinajstić information content (AvgIpc) is 2.72. The van der Waals surface area contributed by atoms with Gasteiger partial charge in [0.15, 0.2) is 0 Å². The van der Waals surface area contributed by atoms with Crippen LogP contribution < -0.4 is 16.4 Å². The molecular formula is C22H27N3O4S. The summed E-state index contributed by atoms with van der Waals surface area (Å²) in [5.41, 5.74) is 5.80. The number of carboxylic acids is 1. The Morgan fingerprint density at radius 3 is 2.27 bits per heavy atom. The van der Waals surface area contributed by atoms with Gasteiger partial charge >= 0.3 is 5.97 Å². The molecule has 0 aliphatic carbocycles. The van der Waals surface area contributed by atoms with Gasteiger partial charge in [-0.2, -0.15) is 12.6 Å². The van der Waals surface area contributed by atoms with Gasteiger partial charge in [0.05, 0.1) is 5.92 Å². The molecule has 2 atom stereocenters. The highest BCUT2D eigenvalue weighted by atomic mass is 32.1. The van der Waals surface area contributed by atoms with E-state index in [0.29, 0.717) is 12.1 Å². The van der Waals surface area contributed by atoms with Crippen LogP contribution in [0.15, 0.2) is 54.6 Å². The first-order valence-corrected chi connectivity index (χ1v) is 10.2. The number of nitrogens with one attached hydrogen (secondary N) is 2. The maximum atomic E-state index is 13.0. The highest BCUT2D eigenvalue weighted by Gasteiger charge is 2.41. The fourth-order valence-electron chi connectivity index (χ4n) is 3.02. The van der Waals surface area contributed by atoms with Crippen LogP contribution in [0.4, 0.5) is 5.69 Å². The van der Waals surface area contributed by atoms with E-state index in [1.54, 1.807) is 12.1 Å². The van der Waals surface area contributed by atoms with Crippen LogP contribution in [0.3, 0.4) is 0 Å². The minimum Gasteiger partial charge on any atom is -0.478 e. The topological polar surface area (TPSA) is 122 Å². The van der Waals surface area contributed by atoms with Gasteiger partial charge in [-0.05, 0) is 31.0 Å². The average molecular weight is 430 g/mol. The number of benzene rings is 2. The Kier molecular flexibility index (Phi) is 8.29. The molecule has 0 aromatic heterocycles. The summed E-state index contributed by atoms with van der Waals surface area (Å²) >= 11 is 4.28. The molecule has 0 saturated carbocycles. The van der Waals surface area contributed by atoms with Crippen molar-refractivity contribution in [2.45, 2.75) is 31.8 Å². The minimum atomic E-state index is -1.89. The predicted octanol–water partition coefficient (Wildman–Crippen LogP) is 2.36. The lowest BCUT2D eigenvalue weighted by Gasteiger charge is -2.33. The van der Waals surface area contributed by atoms with Crippen LogP contribution in [0.2, 0.25) is 0 Å². The monoisotopic (exact) mass is 429 g/mol. The summed E-state index contributed by atoms with van der Waals surface area (Å²) in [7, 11) is 0. The van der Waals surface area contributed by atoms with Gasteiger partial charge in [0.2, 0.25) is 17.5 Å². The number of amides is 2. The lowest BCUT2D eigenvalue weighted by Crippen LogP contribution is -2.61. The lowest BCUT2D eigenvalue weighted by molar-refractivity contribution is -0.147. The molecule has 8 heteroatoms. The van der Waals surface area contributed by atoms with Crippen LogP contribution in [-0.4, -0.2) is 34.3 Å². The zero-order chi connectivity index (χ0) is 22.1. The summed E-state index contributed by atoms with van der Waals surface area (Å²) in [6.45, 7) is 1.91. The van der Waals surface area contributed by atoms with Gasteiger partial charge in [-0.15, -0.1) is 0 Å². The first-order chi connectivity index (χ1) is 14.3. The van der Waals surface area contributed by atoms with E-state index in [4.69, 9.17) is 5.73 Å². The molecule has 0 bridgehead atoms. The van der Waals surface area contributed by atoms with Crippen molar-refractivity contribution >= 4 is 36.1 Å². The molecular weight excluding hydrogens is 402 g/mol. The van der Waals surface area contributed by atoms with Gasteiger partial charge in [-0.25, -0.2) is 4.79 Å². The highest BCUT2D eigenvalue weighted by Crippen LogP contribution is 2.21. The Hall–Kier alpha value is -3.00. The third-order valence-electron chi connectivity index (χ3n) is 4.77. The number of anilines is 1. The lowest BCUT2D eigenvalue weighted by atomic mass is 9.97. The summed E-state index contributed by atoms with van der Waals surface area (Å²) in [6, 6.07) is 16.5. The first-order valence-electron chi connectivity index (χ1n) is 9.59. The van der Waals surface area contributed by atoms with Crippen LogP contribution >= 0.6 is 12.6 Å². The van der Waals surface area contributed by atoms with Crippen LogP contribution in [0.1, 0.15) is 24.0 Å². The molecule has 2 rings (SSSR count). The van der Waals surface area contributed by atoms with E-state index in [-0.39, 0.29) is 18.6 Å². The molecule has 7 nitrogen and oxygen atoms in total. The first kappa shape index (κ1) is 23.3. The second-order valence-corrected chi connectivity index (χ2v) is 7.59. The van der Waals surface area contributed by atoms with Crippen LogP contribution in [0, 0.1) is 12.8 Å². The molecule has 30 heavy (non-hydrogen) atoms. The van der Waals surface area contributed by atoms with E-state index in [1.165, 1.54) is 0 Å². The smallest absolute Gasteiger partial charge is 0.350 e. The third kappa shape index (κ3) is 6.52. The quantitative estimate of drug-likeness (QED) is 0.277. The standard InChI is InChI=1S/C22H27N3O4S/c1-15-7-9-18(10-8-15)24-22(21(28)29,12-11-19(23)26)25-20(27)17(14-30)13-16-5-3-2-4-6-16/h2-10,17,24,30H,11-14H2,1H3,(H2,23,26)(H,25,27)(H,28,29)/t17?,22-/m0/s1.